The van der Waals surface area contributed by atoms with Crippen LogP contribution in [-0.4, -0.2) is 20.3 Å². The average molecular weight is 285 g/mol. The molecule has 2 heterocycles. The monoisotopic (exact) mass is 285 g/mol. The van der Waals surface area contributed by atoms with E-state index in [4.69, 9.17) is 0 Å². The van der Waals surface area contributed by atoms with Crippen molar-refractivity contribution < 1.29 is 4.79 Å². The molecular formula is C14H11N3O2S. The molecule has 0 aliphatic carbocycles. The van der Waals surface area contributed by atoms with Crippen LogP contribution in [0.4, 0.5) is 0 Å². The lowest BCUT2D eigenvalue weighted by Gasteiger charge is -1.98. The van der Waals surface area contributed by atoms with Crippen molar-refractivity contribution in [1.29, 1.82) is 0 Å². The summed E-state index contributed by atoms with van der Waals surface area (Å²) in [6.07, 6.45) is 1.26. The van der Waals surface area contributed by atoms with Crippen molar-refractivity contribution in [2.24, 2.45) is 0 Å². The Morgan fingerprint density at radius 1 is 1.15 bits per heavy atom. The van der Waals surface area contributed by atoms with Crippen LogP contribution in [0.1, 0.15) is 14.5 Å². The van der Waals surface area contributed by atoms with Crippen molar-refractivity contribution in [3.63, 3.8) is 0 Å². The smallest absolute Gasteiger partial charge is 0.267 e. The number of benzene rings is 1. The summed E-state index contributed by atoms with van der Waals surface area (Å²) in [4.78, 5) is 26.0. The molecule has 0 unspecified atom stereocenters. The van der Waals surface area contributed by atoms with Crippen LogP contribution in [0, 0.1) is 6.92 Å². The first kappa shape index (κ1) is 12.6. The highest BCUT2D eigenvalue weighted by Gasteiger charge is 2.16. The van der Waals surface area contributed by atoms with Gasteiger partial charge in [-0.25, -0.2) is 9.36 Å². The topological polar surface area (TPSA) is 56.9 Å². The molecule has 0 N–H and O–H groups in total. The second kappa shape index (κ2) is 4.90. The van der Waals surface area contributed by atoms with Gasteiger partial charge in [0, 0.05) is 4.88 Å². The van der Waals surface area contributed by atoms with Crippen LogP contribution in [0.2, 0.25) is 0 Å². The van der Waals surface area contributed by atoms with Gasteiger partial charge in [0.1, 0.15) is 6.33 Å². The van der Waals surface area contributed by atoms with Gasteiger partial charge in [-0.1, -0.05) is 18.2 Å². The maximum Gasteiger partial charge on any atom is 0.357 e. The Hall–Kier alpha value is -2.47. The van der Waals surface area contributed by atoms with Crippen LogP contribution in [0.25, 0.3) is 5.69 Å². The summed E-state index contributed by atoms with van der Waals surface area (Å²) < 4.78 is 2.23. The highest BCUT2D eigenvalue weighted by Crippen LogP contribution is 2.15. The lowest BCUT2D eigenvalue weighted by atomic mass is 10.3. The molecule has 0 radical (unpaired) electrons. The number of hydrogen-bond acceptors (Lipinski definition) is 4. The maximum absolute atomic E-state index is 12.2. The lowest BCUT2D eigenvalue weighted by Crippen LogP contribution is -2.28. The number of nitrogens with zero attached hydrogens (tertiary/aromatic N) is 3. The van der Waals surface area contributed by atoms with Gasteiger partial charge in [-0.3, -0.25) is 4.79 Å². The van der Waals surface area contributed by atoms with Crippen molar-refractivity contribution in [1.82, 2.24) is 14.3 Å². The summed E-state index contributed by atoms with van der Waals surface area (Å²) in [6, 6.07) is 12.6. The summed E-state index contributed by atoms with van der Waals surface area (Å²) in [6.45, 7) is 1.91. The molecule has 0 atom stereocenters. The minimum absolute atomic E-state index is 0.352. The molecule has 0 amide bonds. The molecule has 0 aliphatic rings. The van der Waals surface area contributed by atoms with Gasteiger partial charge in [0.05, 0.1) is 10.6 Å². The minimum atomic E-state index is -0.466. The van der Waals surface area contributed by atoms with E-state index in [-0.39, 0.29) is 5.91 Å². The molecule has 20 heavy (non-hydrogen) atoms. The number of aryl methyl sites for hydroxylation is 1. The van der Waals surface area contributed by atoms with Crippen molar-refractivity contribution >= 4 is 17.2 Å². The lowest BCUT2D eigenvalue weighted by molar-refractivity contribution is 0.0959. The minimum Gasteiger partial charge on any atom is -0.267 e. The van der Waals surface area contributed by atoms with Gasteiger partial charge >= 0.3 is 5.69 Å². The quantitative estimate of drug-likeness (QED) is 0.724. The van der Waals surface area contributed by atoms with Gasteiger partial charge < -0.3 is 0 Å². The van der Waals surface area contributed by atoms with Crippen LogP contribution >= 0.6 is 11.3 Å². The Labute approximate surface area is 118 Å². The van der Waals surface area contributed by atoms with Crippen LogP contribution in [-0.2, 0) is 0 Å². The summed E-state index contributed by atoms with van der Waals surface area (Å²) >= 11 is 1.36. The Kier molecular flexibility index (Phi) is 3.08. The molecular weight excluding hydrogens is 274 g/mol. The fraction of sp³-hybridized carbons (Fsp3) is 0.0714. The van der Waals surface area contributed by atoms with E-state index in [1.807, 2.05) is 31.2 Å². The first-order chi connectivity index (χ1) is 9.66. The first-order valence-electron chi connectivity index (χ1n) is 6.00. The Bertz CT molecular complexity index is 814. The second-order valence-electron chi connectivity index (χ2n) is 4.25. The number of carbonyl (C=O) groups excluding carboxylic acids is 1. The molecule has 3 rings (SSSR count). The van der Waals surface area contributed by atoms with Crippen LogP contribution in [0.15, 0.2) is 53.6 Å². The molecule has 0 saturated heterocycles. The van der Waals surface area contributed by atoms with Gasteiger partial charge in [0.15, 0.2) is 0 Å². The largest absolute Gasteiger partial charge is 0.357 e. The number of carbonyl (C=O) groups is 1. The van der Waals surface area contributed by atoms with Crippen molar-refractivity contribution in [2.75, 3.05) is 0 Å². The second-order valence-corrected chi connectivity index (χ2v) is 5.53. The average Bonchev–Trinajstić information content (AvgIpc) is 3.05. The van der Waals surface area contributed by atoms with Gasteiger partial charge in [0.2, 0.25) is 0 Å². The van der Waals surface area contributed by atoms with Gasteiger partial charge in [-0.05, 0) is 31.2 Å². The molecule has 5 nitrogen and oxygen atoms in total. The van der Waals surface area contributed by atoms with Crippen molar-refractivity contribution in [3.8, 4) is 5.69 Å². The standard InChI is InChI=1S/C14H11N3O2S/c1-10-7-8-12(20-10)13(18)16-9-15-17(14(16)19)11-5-3-2-4-6-11/h2-9H,1H3. The fourth-order valence-electron chi connectivity index (χ4n) is 1.86. The number of rotatable bonds is 2. The summed E-state index contributed by atoms with van der Waals surface area (Å²) in [5, 5.41) is 3.99. The fourth-order valence-corrected chi connectivity index (χ4v) is 2.66. The van der Waals surface area contributed by atoms with E-state index >= 15 is 0 Å². The third-order valence-electron chi connectivity index (χ3n) is 2.84. The maximum atomic E-state index is 12.2. The first-order valence-corrected chi connectivity index (χ1v) is 6.82. The summed E-state index contributed by atoms with van der Waals surface area (Å²) in [7, 11) is 0. The molecule has 0 saturated carbocycles. The Morgan fingerprint density at radius 3 is 2.55 bits per heavy atom. The van der Waals surface area contributed by atoms with E-state index in [9.17, 15) is 9.59 Å². The zero-order valence-corrected chi connectivity index (χ0v) is 11.5. The molecule has 0 bridgehead atoms. The van der Waals surface area contributed by atoms with E-state index in [2.05, 4.69) is 5.10 Å². The van der Waals surface area contributed by atoms with E-state index in [1.54, 1.807) is 18.2 Å². The SMILES string of the molecule is Cc1ccc(C(=O)n2cnn(-c3ccccc3)c2=O)s1. The highest BCUT2D eigenvalue weighted by molar-refractivity contribution is 7.13. The van der Waals surface area contributed by atoms with Crippen LogP contribution < -0.4 is 5.69 Å². The highest BCUT2D eigenvalue weighted by atomic mass is 32.1. The normalized spacial score (nSPS) is 10.7. The molecule has 100 valence electrons. The van der Waals surface area contributed by atoms with E-state index in [0.717, 1.165) is 9.44 Å². The van der Waals surface area contributed by atoms with E-state index < -0.39 is 5.69 Å². The molecule has 3 aromatic rings. The molecule has 0 fully saturated rings. The van der Waals surface area contributed by atoms with E-state index in [1.165, 1.54) is 22.3 Å². The molecule has 0 aliphatic heterocycles. The summed E-state index contributed by atoms with van der Waals surface area (Å²) in [5.74, 6) is -0.352. The predicted molar refractivity (Wildman–Crippen MR) is 76.6 cm³/mol. The summed E-state index contributed by atoms with van der Waals surface area (Å²) in [5.41, 5.74) is 0.165. The Morgan fingerprint density at radius 2 is 1.90 bits per heavy atom. The van der Waals surface area contributed by atoms with E-state index in [0.29, 0.717) is 10.6 Å². The predicted octanol–water partition coefficient (Wildman–Crippen LogP) is 2.09. The third-order valence-corrected chi connectivity index (χ3v) is 3.83. The molecule has 1 aromatic carbocycles. The van der Waals surface area contributed by atoms with Crippen molar-refractivity contribution in [3.05, 3.63) is 69.0 Å². The van der Waals surface area contributed by atoms with Crippen LogP contribution in [0.3, 0.4) is 0 Å². The zero-order chi connectivity index (χ0) is 14.1. The van der Waals surface area contributed by atoms with Crippen LogP contribution in [0.5, 0.6) is 0 Å². The Balaban J connectivity index is 2.03. The molecule has 6 heteroatoms. The van der Waals surface area contributed by atoms with Gasteiger partial charge in [-0.2, -0.15) is 9.78 Å². The number of para-hydroxylation sites is 1. The zero-order valence-electron chi connectivity index (χ0n) is 10.7. The molecule has 0 spiro atoms. The van der Waals surface area contributed by atoms with Crippen molar-refractivity contribution in [2.45, 2.75) is 6.92 Å². The number of aromatic nitrogens is 3. The van der Waals surface area contributed by atoms with Gasteiger partial charge in [-0.15, -0.1) is 11.3 Å². The van der Waals surface area contributed by atoms with Gasteiger partial charge in [0.25, 0.3) is 5.91 Å². The third kappa shape index (κ3) is 2.10. The molecule has 2 aromatic heterocycles. The number of hydrogen-bond donors (Lipinski definition) is 0. The number of thiophene rings is 1.